The molecule has 3 nitrogen and oxygen atoms in total. The average Bonchev–Trinajstić information content (AvgIpc) is 2.52. The van der Waals surface area contributed by atoms with Gasteiger partial charge in [0.15, 0.2) is 0 Å². The van der Waals surface area contributed by atoms with Crippen LogP contribution in [-0.2, 0) is 9.53 Å². The average molecular weight is 208 g/mol. The topological polar surface area (TPSA) is 38.3 Å². The third kappa shape index (κ3) is 3.16. The van der Waals surface area contributed by atoms with Crippen LogP contribution in [0.25, 0.3) is 0 Å². The fourth-order valence-corrected chi connectivity index (χ4v) is 1.83. The highest BCUT2D eigenvalue weighted by atomic mass is 35.5. The Morgan fingerprint density at radius 3 is 2.77 bits per heavy atom. The van der Waals surface area contributed by atoms with Crippen LogP contribution in [0.1, 0.15) is 19.8 Å². The maximum atomic E-state index is 11.2. The van der Waals surface area contributed by atoms with Crippen molar-refractivity contribution in [3.8, 4) is 0 Å². The number of carbonyl (C=O) groups is 1. The molecule has 1 fully saturated rings. The van der Waals surface area contributed by atoms with Gasteiger partial charge in [0, 0.05) is 6.54 Å². The molecule has 13 heavy (non-hydrogen) atoms. The molecule has 0 aromatic heterocycles. The van der Waals surface area contributed by atoms with Crippen molar-refractivity contribution in [2.24, 2.45) is 11.8 Å². The molecule has 2 unspecified atom stereocenters. The number of hydrogen-bond acceptors (Lipinski definition) is 3. The van der Waals surface area contributed by atoms with E-state index in [9.17, 15) is 4.79 Å². The molecule has 0 amide bonds. The number of ether oxygens (including phenoxy) is 1. The van der Waals surface area contributed by atoms with Crippen LogP contribution >= 0.6 is 12.4 Å². The first-order valence-electron chi connectivity index (χ1n) is 4.58. The molecule has 1 rings (SSSR count). The van der Waals surface area contributed by atoms with Gasteiger partial charge < -0.3 is 10.1 Å². The molecule has 1 aliphatic heterocycles. The summed E-state index contributed by atoms with van der Waals surface area (Å²) in [5, 5.41) is 3.22. The number of rotatable bonds is 3. The summed E-state index contributed by atoms with van der Waals surface area (Å²) < 4.78 is 4.73. The van der Waals surface area contributed by atoms with Crippen molar-refractivity contribution in [2.45, 2.75) is 19.8 Å². The SMILES string of the molecule is CCCC1CNCC1C(=O)OC.Cl. The van der Waals surface area contributed by atoms with E-state index in [1.807, 2.05) is 0 Å². The molecule has 2 atom stereocenters. The van der Waals surface area contributed by atoms with Gasteiger partial charge in [-0.05, 0) is 18.9 Å². The van der Waals surface area contributed by atoms with Gasteiger partial charge in [0.2, 0.25) is 0 Å². The fraction of sp³-hybridized carbons (Fsp3) is 0.889. The highest BCUT2D eigenvalue weighted by molar-refractivity contribution is 5.85. The van der Waals surface area contributed by atoms with E-state index in [1.165, 1.54) is 7.11 Å². The highest BCUT2D eigenvalue weighted by Gasteiger charge is 2.32. The smallest absolute Gasteiger partial charge is 0.310 e. The first kappa shape index (κ1) is 12.7. The van der Waals surface area contributed by atoms with Crippen LogP contribution in [-0.4, -0.2) is 26.2 Å². The molecular formula is C9H18ClNO2. The predicted octanol–water partition coefficient (Wildman–Crippen LogP) is 1.22. The van der Waals surface area contributed by atoms with Gasteiger partial charge in [-0.25, -0.2) is 0 Å². The molecule has 1 aliphatic rings. The summed E-state index contributed by atoms with van der Waals surface area (Å²) in [5.41, 5.74) is 0. The Labute approximate surface area is 85.6 Å². The van der Waals surface area contributed by atoms with Crippen molar-refractivity contribution < 1.29 is 9.53 Å². The maximum Gasteiger partial charge on any atom is 0.310 e. The molecule has 0 aromatic rings. The van der Waals surface area contributed by atoms with E-state index in [4.69, 9.17) is 4.74 Å². The van der Waals surface area contributed by atoms with Gasteiger partial charge in [0.25, 0.3) is 0 Å². The van der Waals surface area contributed by atoms with E-state index in [2.05, 4.69) is 12.2 Å². The third-order valence-corrected chi connectivity index (χ3v) is 2.50. The van der Waals surface area contributed by atoms with E-state index < -0.39 is 0 Å². The Morgan fingerprint density at radius 2 is 2.23 bits per heavy atom. The molecule has 0 aromatic carbocycles. The van der Waals surface area contributed by atoms with E-state index in [0.29, 0.717) is 5.92 Å². The minimum absolute atomic E-state index is 0. The maximum absolute atomic E-state index is 11.2. The van der Waals surface area contributed by atoms with Gasteiger partial charge in [0.05, 0.1) is 13.0 Å². The minimum atomic E-state index is -0.0570. The van der Waals surface area contributed by atoms with Gasteiger partial charge >= 0.3 is 5.97 Å². The summed E-state index contributed by atoms with van der Waals surface area (Å²) >= 11 is 0. The fourth-order valence-electron chi connectivity index (χ4n) is 1.83. The minimum Gasteiger partial charge on any atom is -0.469 e. The van der Waals surface area contributed by atoms with Gasteiger partial charge in [-0.1, -0.05) is 13.3 Å². The lowest BCUT2D eigenvalue weighted by Gasteiger charge is -2.14. The first-order valence-corrected chi connectivity index (χ1v) is 4.58. The molecule has 1 saturated heterocycles. The summed E-state index contributed by atoms with van der Waals surface area (Å²) in [7, 11) is 1.46. The molecule has 1 N–H and O–H groups in total. The first-order chi connectivity index (χ1) is 5.79. The second-order valence-corrected chi connectivity index (χ2v) is 3.34. The van der Waals surface area contributed by atoms with Crippen molar-refractivity contribution in [3.05, 3.63) is 0 Å². The van der Waals surface area contributed by atoms with Crippen LogP contribution in [0.2, 0.25) is 0 Å². The van der Waals surface area contributed by atoms with Crippen LogP contribution in [0.15, 0.2) is 0 Å². The van der Waals surface area contributed by atoms with Crippen LogP contribution in [0.3, 0.4) is 0 Å². The Kier molecular flexibility index (Phi) is 6.08. The zero-order chi connectivity index (χ0) is 8.97. The van der Waals surface area contributed by atoms with Crippen LogP contribution < -0.4 is 5.32 Å². The molecule has 0 bridgehead atoms. The van der Waals surface area contributed by atoms with Crippen LogP contribution in [0.4, 0.5) is 0 Å². The zero-order valence-corrected chi connectivity index (χ0v) is 9.02. The molecule has 4 heteroatoms. The summed E-state index contributed by atoms with van der Waals surface area (Å²) in [6.07, 6.45) is 2.26. The summed E-state index contributed by atoms with van der Waals surface area (Å²) in [4.78, 5) is 11.2. The van der Waals surface area contributed by atoms with Crippen molar-refractivity contribution in [1.29, 1.82) is 0 Å². The van der Waals surface area contributed by atoms with Gasteiger partial charge in [-0.3, -0.25) is 4.79 Å². The zero-order valence-electron chi connectivity index (χ0n) is 8.21. The van der Waals surface area contributed by atoms with Crippen molar-refractivity contribution in [1.82, 2.24) is 5.32 Å². The monoisotopic (exact) mass is 207 g/mol. The molecular weight excluding hydrogens is 190 g/mol. The van der Waals surface area contributed by atoms with Crippen LogP contribution in [0, 0.1) is 11.8 Å². The Balaban J connectivity index is 0.00000144. The van der Waals surface area contributed by atoms with Crippen molar-refractivity contribution in [3.63, 3.8) is 0 Å². The lowest BCUT2D eigenvalue weighted by molar-refractivity contribution is -0.146. The molecule has 0 saturated carbocycles. The second kappa shape index (κ2) is 6.22. The molecule has 1 heterocycles. The molecule has 0 radical (unpaired) electrons. The lowest BCUT2D eigenvalue weighted by atomic mass is 9.92. The van der Waals surface area contributed by atoms with Crippen LogP contribution in [0.5, 0.6) is 0 Å². The number of methoxy groups -OCH3 is 1. The number of carbonyl (C=O) groups excluding carboxylic acids is 1. The van der Waals surface area contributed by atoms with Crippen molar-refractivity contribution in [2.75, 3.05) is 20.2 Å². The van der Waals surface area contributed by atoms with Gasteiger partial charge in [-0.15, -0.1) is 12.4 Å². The Hall–Kier alpha value is -0.280. The summed E-state index contributed by atoms with van der Waals surface area (Å²) in [5.74, 6) is 0.524. The van der Waals surface area contributed by atoms with E-state index in [-0.39, 0.29) is 24.3 Å². The molecule has 0 aliphatic carbocycles. The highest BCUT2D eigenvalue weighted by Crippen LogP contribution is 2.22. The van der Waals surface area contributed by atoms with Gasteiger partial charge in [0.1, 0.15) is 0 Å². The van der Waals surface area contributed by atoms with E-state index in [1.54, 1.807) is 0 Å². The molecule has 78 valence electrons. The Bertz CT molecular complexity index is 164. The third-order valence-electron chi connectivity index (χ3n) is 2.50. The number of halogens is 1. The standard InChI is InChI=1S/C9H17NO2.ClH/c1-3-4-7-5-10-6-8(7)9(11)12-2;/h7-8,10H,3-6H2,1-2H3;1H. The van der Waals surface area contributed by atoms with E-state index >= 15 is 0 Å². The second-order valence-electron chi connectivity index (χ2n) is 3.34. The molecule has 0 spiro atoms. The van der Waals surface area contributed by atoms with E-state index in [0.717, 1.165) is 25.9 Å². The van der Waals surface area contributed by atoms with Gasteiger partial charge in [-0.2, -0.15) is 0 Å². The number of hydrogen-bond donors (Lipinski definition) is 1. The van der Waals surface area contributed by atoms with Crippen molar-refractivity contribution >= 4 is 18.4 Å². The number of nitrogens with one attached hydrogen (secondary N) is 1. The largest absolute Gasteiger partial charge is 0.469 e. The Morgan fingerprint density at radius 1 is 1.54 bits per heavy atom. The number of esters is 1. The quantitative estimate of drug-likeness (QED) is 0.708. The summed E-state index contributed by atoms with van der Waals surface area (Å²) in [6, 6.07) is 0. The predicted molar refractivity (Wildman–Crippen MR) is 54.0 cm³/mol. The normalized spacial score (nSPS) is 26.6. The lowest BCUT2D eigenvalue weighted by Crippen LogP contribution is -2.23. The summed E-state index contributed by atoms with van der Waals surface area (Å²) in [6.45, 7) is 3.90.